The van der Waals surface area contributed by atoms with Crippen LogP contribution in [0.4, 0.5) is 10.5 Å². The second-order valence-electron chi connectivity index (χ2n) is 2.91. The Morgan fingerprint density at radius 2 is 1.88 bits per heavy atom. The Kier molecular flexibility index (Phi) is 9.42. The van der Waals surface area contributed by atoms with Crippen LogP contribution in [-0.4, -0.2) is 50.2 Å². The van der Waals surface area contributed by atoms with Gasteiger partial charge in [0.25, 0.3) is 0 Å². The quantitative estimate of drug-likeness (QED) is 0.548. The molecule has 0 spiro atoms. The second kappa shape index (κ2) is 8.50. The first-order valence-electron chi connectivity index (χ1n) is 4.05. The first kappa shape index (κ1) is 17.7. The van der Waals surface area contributed by atoms with Crippen LogP contribution < -0.4 is 18.9 Å². The van der Waals surface area contributed by atoms with Crippen molar-refractivity contribution in [1.29, 1.82) is 0 Å². The monoisotopic (exact) mass is 204 g/mol. The summed E-state index contributed by atoms with van der Waals surface area (Å²) in [5.41, 5.74) is 0.643. The minimum absolute atomic E-state index is 0. The Bertz CT molecular complexity index is 356. The van der Waals surface area contributed by atoms with Gasteiger partial charge in [0.05, 0.1) is 0 Å². The number of para-hydroxylation sites is 1. The molecule has 0 aliphatic rings. The summed E-state index contributed by atoms with van der Waals surface area (Å²) in [6, 6.07) is 6.17. The maximum atomic E-state index is 11.2. The van der Waals surface area contributed by atoms with Crippen LogP contribution in [0, 0.1) is 0 Å². The molecule has 0 bridgehead atoms. The van der Waals surface area contributed by atoms with Gasteiger partial charge in [-0.3, -0.25) is 9.59 Å². The van der Waals surface area contributed by atoms with Crippen molar-refractivity contribution in [3.63, 3.8) is 0 Å². The van der Waals surface area contributed by atoms with E-state index in [1.54, 1.807) is 44.6 Å². The number of amides is 2. The first-order valence-corrected chi connectivity index (χ1v) is 4.05. The number of hydrogen-bond donors (Lipinski definition) is 0. The molecule has 0 fully saturated rings. The predicted molar refractivity (Wildman–Crippen MR) is 59.1 cm³/mol. The molecule has 6 heteroatoms. The molecule has 0 aliphatic heterocycles. The summed E-state index contributed by atoms with van der Waals surface area (Å²) in [4.78, 5) is 23.0. The maximum absolute atomic E-state index is 11.2. The molecule has 4 nitrogen and oxygen atoms in total. The summed E-state index contributed by atoms with van der Waals surface area (Å²) in [5.74, 6) is 0. The summed E-state index contributed by atoms with van der Waals surface area (Å²) >= 11 is 0. The fourth-order valence-electron chi connectivity index (χ4n) is 0.860. The molecule has 16 heavy (non-hydrogen) atoms. The van der Waals surface area contributed by atoms with E-state index in [0.717, 1.165) is 0 Å². The van der Waals surface area contributed by atoms with E-state index in [1.807, 2.05) is 0 Å². The molecule has 0 heterocycles. The largest absolute Gasteiger partial charge is 1.00 e. The van der Waals surface area contributed by atoms with Crippen molar-refractivity contribution < 1.29 is 28.4 Å². The predicted octanol–water partition coefficient (Wildman–Crippen LogP) is -1.55. The SMILES string of the molecule is CN(C)C(=O)[N-]c1ccccc1[C]=O.[Li+].[Li]. The minimum atomic E-state index is -0.396. The van der Waals surface area contributed by atoms with Gasteiger partial charge in [0.2, 0.25) is 6.29 Å². The molecular formula is C10H10Li2N2O2. The van der Waals surface area contributed by atoms with Crippen LogP contribution in [0.2, 0.25) is 0 Å². The van der Waals surface area contributed by atoms with E-state index in [9.17, 15) is 9.59 Å². The summed E-state index contributed by atoms with van der Waals surface area (Å²) in [6.45, 7) is 0. The van der Waals surface area contributed by atoms with Gasteiger partial charge in [-0.15, -0.1) is 0 Å². The number of rotatable bonds is 2. The summed E-state index contributed by atoms with van der Waals surface area (Å²) in [7, 11) is 3.19. The normalized spacial score (nSPS) is 8.12. The molecule has 0 unspecified atom stereocenters. The summed E-state index contributed by atoms with van der Waals surface area (Å²) in [6.07, 6.45) is 1.73. The van der Waals surface area contributed by atoms with Gasteiger partial charge in [-0.2, -0.15) is 0 Å². The molecule has 2 amide bonds. The minimum Gasteiger partial charge on any atom is -0.442 e. The third kappa shape index (κ3) is 4.92. The van der Waals surface area contributed by atoms with Crippen LogP contribution in [-0.2, 0) is 4.79 Å². The molecule has 1 aromatic carbocycles. The average Bonchev–Trinajstić information content (AvgIpc) is 2.18. The van der Waals surface area contributed by atoms with Crippen LogP contribution in [0.3, 0.4) is 0 Å². The van der Waals surface area contributed by atoms with Crippen molar-refractivity contribution >= 4 is 36.9 Å². The first-order chi connectivity index (χ1) is 6.65. The van der Waals surface area contributed by atoms with Crippen molar-refractivity contribution in [3.05, 3.63) is 35.1 Å². The van der Waals surface area contributed by atoms with Gasteiger partial charge in [-0.25, -0.2) is 0 Å². The molecule has 0 aromatic heterocycles. The van der Waals surface area contributed by atoms with Crippen LogP contribution in [0.25, 0.3) is 5.32 Å². The molecular weight excluding hydrogens is 194 g/mol. The molecule has 0 atom stereocenters. The second-order valence-corrected chi connectivity index (χ2v) is 2.91. The third-order valence-electron chi connectivity index (χ3n) is 1.61. The smallest absolute Gasteiger partial charge is 0.442 e. The Morgan fingerprint density at radius 3 is 2.38 bits per heavy atom. The van der Waals surface area contributed by atoms with Crippen molar-refractivity contribution in [2.24, 2.45) is 0 Å². The van der Waals surface area contributed by atoms with E-state index in [1.165, 1.54) is 4.90 Å². The molecule has 0 saturated heterocycles. The van der Waals surface area contributed by atoms with Crippen molar-refractivity contribution in [1.82, 2.24) is 4.90 Å². The van der Waals surface area contributed by atoms with Gasteiger partial charge in [0.1, 0.15) is 0 Å². The third-order valence-corrected chi connectivity index (χ3v) is 1.61. The van der Waals surface area contributed by atoms with E-state index < -0.39 is 6.03 Å². The summed E-state index contributed by atoms with van der Waals surface area (Å²) < 4.78 is 0. The van der Waals surface area contributed by atoms with Crippen LogP contribution in [0.15, 0.2) is 24.3 Å². The molecule has 2 radical (unpaired) electrons. The number of carbonyl (C=O) groups excluding carboxylic acids is 2. The van der Waals surface area contributed by atoms with Gasteiger partial charge in [-0.1, -0.05) is 38.4 Å². The summed E-state index contributed by atoms with van der Waals surface area (Å²) in [5, 5.41) is 3.75. The number of urea groups is 1. The Hall–Kier alpha value is -0.645. The van der Waals surface area contributed by atoms with Crippen LogP contribution in [0.5, 0.6) is 0 Å². The van der Waals surface area contributed by atoms with Gasteiger partial charge in [0.15, 0.2) is 6.03 Å². The Labute approximate surface area is 119 Å². The van der Waals surface area contributed by atoms with Gasteiger partial charge >= 0.3 is 18.9 Å². The number of hydrogen-bond acceptors (Lipinski definition) is 2. The van der Waals surface area contributed by atoms with Gasteiger partial charge in [0, 0.05) is 24.4 Å². The molecule has 0 N–H and O–H groups in total. The van der Waals surface area contributed by atoms with E-state index in [0.29, 0.717) is 11.3 Å². The van der Waals surface area contributed by atoms with Crippen molar-refractivity contribution in [3.8, 4) is 0 Å². The number of nitrogens with zero attached hydrogens (tertiary/aromatic N) is 2. The Balaban J connectivity index is 0. The maximum Gasteiger partial charge on any atom is 1.00 e. The van der Waals surface area contributed by atoms with E-state index in [-0.39, 0.29) is 37.7 Å². The molecule has 1 rings (SSSR count). The fourth-order valence-corrected chi connectivity index (χ4v) is 0.860. The fraction of sp³-hybridized carbons (Fsp3) is 0.200. The van der Waals surface area contributed by atoms with Crippen molar-refractivity contribution in [2.45, 2.75) is 0 Å². The molecule has 0 saturated carbocycles. The van der Waals surface area contributed by atoms with E-state index in [4.69, 9.17) is 0 Å². The van der Waals surface area contributed by atoms with Gasteiger partial charge < -0.3 is 10.2 Å². The number of benzene rings is 1. The van der Waals surface area contributed by atoms with Gasteiger partial charge in [-0.05, 0) is 5.69 Å². The zero-order valence-corrected chi connectivity index (χ0v) is 10.0. The zero-order chi connectivity index (χ0) is 10.6. The molecule has 74 valence electrons. The van der Waals surface area contributed by atoms with Crippen LogP contribution in [0.1, 0.15) is 5.56 Å². The number of carbonyl (C=O) groups is 1. The van der Waals surface area contributed by atoms with E-state index >= 15 is 0 Å². The molecule has 0 aliphatic carbocycles. The molecule has 1 aromatic rings. The zero-order valence-electron chi connectivity index (χ0n) is 10.0. The average molecular weight is 204 g/mol. The van der Waals surface area contributed by atoms with Crippen LogP contribution >= 0.6 is 0 Å². The standard InChI is InChI=1S/C10H11N2O2.2Li/c1-12(2)10(14)11-9-6-4-3-5-8(9)7-13;;/h3-6H,1-2H3,(H,11,13,14);;/q;;+1/p-1. The van der Waals surface area contributed by atoms with Crippen molar-refractivity contribution in [2.75, 3.05) is 14.1 Å². The topological polar surface area (TPSA) is 51.5 Å². The van der Waals surface area contributed by atoms with E-state index in [2.05, 4.69) is 5.32 Å². The Morgan fingerprint density at radius 1 is 1.31 bits per heavy atom.